The fourth-order valence-electron chi connectivity index (χ4n) is 3.31. The van der Waals surface area contributed by atoms with E-state index in [1.165, 1.54) is 16.7 Å². The van der Waals surface area contributed by atoms with Crippen molar-refractivity contribution in [3.8, 4) is 11.1 Å². The van der Waals surface area contributed by atoms with Gasteiger partial charge in [-0.25, -0.2) is 0 Å². The summed E-state index contributed by atoms with van der Waals surface area (Å²) in [6.07, 6.45) is 2.73. The number of hydrogen-bond donors (Lipinski definition) is 0. The molecule has 0 heterocycles. The summed E-state index contributed by atoms with van der Waals surface area (Å²) in [5, 5.41) is 0. The van der Waals surface area contributed by atoms with Gasteiger partial charge in [0.2, 0.25) is 5.91 Å². The molecule has 0 atom stereocenters. The molecular weight excluding hydrogens is 318 g/mol. The Morgan fingerprint density at radius 3 is 1.92 bits per heavy atom. The molecule has 1 aliphatic carbocycles. The van der Waals surface area contributed by atoms with E-state index in [1.807, 2.05) is 36.4 Å². The molecule has 0 radical (unpaired) electrons. The van der Waals surface area contributed by atoms with Crippen LogP contribution >= 0.6 is 0 Å². The number of carbonyl (C=O) groups excluding carboxylic acids is 1. The van der Waals surface area contributed by atoms with Crippen molar-refractivity contribution < 1.29 is 4.79 Å². The van der Waals surface area contributed by atoms with Crippen LogP contribution < -0.4 is 0 Å². The van der Waals surface area contributed by atoms with Gasteiger partial charge in [-0.05, 0) is 35.1 Å². The zero-order valence-electron chi connectivity index (χ0n) is 14.8. The Hall–Kier alpha value is -2.87. The molecule has 1 amide bonds. The average molecular weight is 341 g/mol. The Labute approximate surface area is 155 Å². The lowest BCUT2D eigenvalue weighted by Crippen LogP contribution is -2.33. The van der Waals surface area contributed by atoms with Crippen molar-refractivity contribution >= 4 is 5.91 Å². The summed E-state index contributed by atoms with van der Waals surface area (Å²) in [5.74, 6) is 0.226. The summed E-state index contributed by atoms with van der Waals surface area (Å²) in [5.41, 5.74) is 4.67. The minimum Gasteiger partial charge on any atom is -0.335 e. The molecule has 1 fully saturated rings. The van der Waals surface area contributed by atoms with Crippen molar-refractivity contribution in [1.82, 2.24) is 4.90 Å². The van der Waals surface area contributed by atoms with E-state index in [0.29, 0.717) is 19.0 Å². The van der Waals surface area contributed by atoms with Gasteiger partial charge in [0, 0.05) is 12.6 Å². The van der Waals surface area contributed by atoms with Gasteiger partial charge >= 0.3 is 0 Å². The summed E-state index contributed by atoms with van der Waals surface area (Å²) < 4.78 is 0. The molecule has 1 aliphatic rings. The van der Waals surface area contributed by atoms with Gasteiger partial charge in [-0.1, -0.05) is 84.9 Å². The maximum absolute atomic E-state index is 12.9. The number of benzene rings is 3. The highest BCUT2D eigenvalue weighted by Gasteiger charge is 2.32. The Kier molecular flexibility index (Phi) is 4.83. The van der Waals surface area contributed by atoms with Crippen LogP contribution in [0.3, 0.4) is 0 Å². The summed E-state index contributed by atoms with van der Waals surface area (Å²) in [4.78, 5) is 14.9. The lowest BCUT2D eigenvalue weighted by Gasteiger charge is -2.23. The quantitative estimate of drug-likeness (QED) is 0.612. The molecule has 0 aliphatic heterocycles. The zero-order valence-corrected chi connectivity index (χ0v) is 14.8. The van der Waals surface area contributed by atoms with E-state index in [0.717, 1.165) is 18.4 Å². The molecule has 3 aromatic carbocycles. The standard InChI is InChI=1S/C24H23NO/c26-24(25(23-15-16-23)18-20-7-3-1-4-8-20)17-19-11-13-22(14-12-19)21-9-5-2-6-10-21/h1-14,23H,15-18H2. The monoisotopic (exact) mass is 341 g/mol. The van der Waals surface area contributed by atoms with Crippen molar-refractivity contribution in [3.05, 3.63) is 96.1 Å². The first kappa shape index (κ1) is 16.6. The largest absolute Gasteiger partial charge is 0.335 e. The average Bonchev–Trinajstić information content (AvgIpc) is 3.53. The van der Waals surface area contributed by atoms with Gasteiger partial charge in [0.25, 0.3) is 0 Å². The second-order valence-electron chi connectivity index (χ2n) is 6.98. The molecule has 26 heavy (non-hydrogen) atoms. The molecule has 2 nitrogen and oxygen atoms in total. The maximum Gasteiger partial charge on any atom is 0.227 e. The first-order valence-corrected chi connectivity index (χ1v) is 9.27. The minimum atomic E-state index is 0.226. The molecule has 0 aromatic heterocycles. The molecule has 0 spiro atoms. The van der Waals surface area contributed by atoms with Crippen molar-refractivity contribution in [1.29, 1.82) is 0 Å². The first-order valence-electron chi connectivity index (χ1n) is 9.27. The van der Waals surface area contributed by atoms with Crippen LogP contribution in [0.4, 0.5) is 0 Å². The topological polar surface area (TPSA) is 20.3 Å². The van der Waals surface area contributed by atoms with Gasteiger partial charge in [-0.3, -0.25) is 4.79 Å². The molecular formula is C24H23NO. The number of amides is 1. The van der Waals surface area contributed by atoms with E-state index in [4.69, 9.17) is 0 Å². The minimum absolute atomic E-state index is 0.226. The number of rotatable bonds is 6. The molecule has 3 aromatic rings. The van der Waals surface area contributed by atoms with Gasteiger partial charge in [-0.15, -0.1) is 0 Å². The molecule has 4 rings (SSSR count). The summed E-state index contributed by atoms with van der Waals surface area (Å²) in [7, 11) is 0. The Morgan fingerprint density at radius 1 is 0.731 bits per heavy atom. The fourth-order valence-corrected chi connectivity index (χ4v) is 3.31. The van der Waals surface area contributed by atoms with Crippen LogP contribution in [0.25, 0.3) is 11.1 Å². The number of carbonyl (C=O) groups is 1. The molecule has 1 saturated carbocycles. The van der Waals surface area contributed by atoms with Crippen molar-refractivity contribution in [2.45, 2.75) is 31.8 Å². The lowest BCUT2D eigenvalue weighted by atomic mass is 10.0. The van der Waals surface area contributed by atoms with Crippen molar-refractivity contribution in [2.24, 2.45) is 0 Å². The van der Waals surface area contributed by atoms with Crippen LogP contribution in [0.5, 0.6) is 0 Å². The second kappa shape index (κ2) is 7.57. The molecule has 0 bridgehead atoms. The normalized spacial score (nSPS) is 13.4. The van der Waals surface area contributed by atoms with Gasteiger partial charge in [0.1, 0.15) is 0 Å². The highest BCUT2D eigenvalue weighted by Crippen LogP contribution is 2.29. The van der Waals surface area contributed by atoms with E-state index in [2.05, 4.69) is 53.4 Å². The van der Waals surface area contributed by atoms with Crippen LogP contribution in [-0.2, 0) is 17.8 Å². The van der Waals surface area contributed by atoms with Crippen LogP contribution in [-0.4, -0.2) is 16.8 Å². The van der Waals surface area contributed by atoms with Gasteiger partial charge in [0.05, 0.1) is 6.42 Å². The third kappa shape index (κ3) is 4.02. The van der Waals surface area contributed by atoms with Crippen molar-refractivity contribution in [2.75, 3.05) is 0 Å². The molecule has 0 N–H and O–H groups in total. The van der Waals surface area contributed by atoms with E-state index in [-0.39, 0.29) is 5.91 Å². The van der Waals surface area contributed by atoms with Crippen molar-refractivity contribution in [3.63, 3.8) is 0 Å². The molecule has 0 saturated heterocycles. The summed E-state index contributed by atoms with van der Waals surface area (Å²) in [6, 6.07) is 29.4. The predicted molar refractivity (Wildman–Crippen MR) is 106 cm³/mol. The number of hydrogen-bond acceptors (Lipinski definition) is 1. The smallest absolute Gasteiger partial charge is 0.227 e. The third-order valence-corrected chi connectivity index (χ3v) is 4.92. The second-order valence-corrected chi connectivity index (χ2v) is 6.98. The van der Waals surface area contributed by atoms with Gasteiger partial charge < -0.3 is 4.90 Å². The van der Waals surface area contributed by atoms with Crippen LogP contribution in [0.1, 0.15) is 24.0 Å². The highest BCUT2D eigenvalue weighted by molar-refractivity contribution is 5.79. The Bertz CT molecular complexity index is 852. The molecule has 130 valence electrons. The van der Waals surface area contributed by atoms with E-state index in [1.54, 1.807) is 0 Å². The Morgan fingerprint density at radius 2 is 1.31 bits per heavy atom. The van der Waals surface area contributed by atoms with Crippen LogP contribution in [0.2, 0.25) is 0 Å². The van der Waals surface area contributed by atoms with Gasteiger partial charge in [0.15, 0.2) is 0 Å². The summed E-state index contributed by atoms with van der Waals surface area (Å²) in [6.45, 7) is 0.715. The number of nitrogens with zero attached hydrogens (tertiary/aromatic N) is 1. The molecule has 0 unspecified atom stereocenters. The highest BCUT2D eigenvalue weighted by atomic mass is 16.2. The van der Waals surface area contributed by atoms with Gasteiger partial charge in [-0.2, -0.15) is 0 Å². The van der Waals surface area contributed by atoms with E-state index < -0.39 is 0 Å². The third-order valence-electron chi connectivity index (χ3n) is 4.92. The predicted octanol–water partition coefficient (Wildman–Crippen LogP) is 5.09. The summed E-state index contributed by atoms with van der Waals surface area (Å²) >= 11 is 0. The lowest BCUT2D eigenvalue weighted by molar-refractivity contribution is -0.131. The van der Waals surface area contributed by atoms with Crippen LogP contribution in [0, 0.1) is 0 Å². The zero-order chi connectivity index (χ0) is 17.8. The van der Waals surface area contributed by atoms with E-state index >= 15 is 0 Å². The molecule has 2 heteroatoms. The van der Waals surface area contributed by atoms with E-state index in [9.17, 15) is 4.79 Å². The fraction of sp³-hybridized carbons (Fsp3) is 0.208. The Balaban J connectivity index is 1.44. The van der Waals surface area contributed by atoms with Crippen LogP contribution in [0.15, 0.2) is 84.9 Å². The SMILES string of the molecule is O=C(Cc1ccc(-c2ccccc2)cc1)N(Cc1ccccc1)C1CC1. The maximum atomic E-state index is 12.9. The first-order chi connectivity index (χ1) is 12.8.